The fourth-order valence-corrected chi connectivity index (χ4v) is 3.63. The van der Waals surface area contributed by atoms with Gasteiger partial charge in [-0.05, 0) is 54.3 Å². The van der Waals surface area contributed by atoms with Gasteiger partial charge >= 0.3 is 5.97 Å². The van der Waals surface area contributed by atoms with Crippen LogP contribution in [-0.4, -0.2) is 53.5 Å². The van der Waals surface area contributed by atoms with E-state index in [9.17, 15) is 9.59 Å². The van der Waals surface area contributed by atoms with Gasteiger partial charge < -0.3 is 28.6 Å². The van der Waals surface area contributed by atoms with Gasteiger partial charge in [0, 0.05) is 12.2 Å². The predicted molar refractivity (Wildman–Crippen MR) is 114 cm³/mol. The number of carbonyl (C=O) groups is 2. The van der Waals surface area contributed by atoms with Crippen LogP contribution in [0.4, 0.5) is 5.69 Å². The first-order chi connectivity index (χ1) is 15.0. The van der Waals surface area contributed by atoms with Gasteiger partial charge in [0.05, 0.1) is 34.9 Å². The Kier molecular flexibility index (Phi) is 7.23. The molecule has 1 aliphatic rings. The number of rotatable bonds is 8. The zero-order chi connectivity index (χ0) is 22.4. The lowest BCUT2D eigenvalue weighted by molar-refractivity contribution is -0.147. The highest BCUT2D eigenvalue weighted by Gasteiger charge is 2.24. The molecule has 1 heterocycles. The molecule has 0 fully saturated rings. The maximum Gasteiger partial charge on any atom is 0.310 e. The standard InChI is InChI=1S/C23H27NO7/c1-27-17-7-8-18-16(13-17)6-5-9-24(18)21(25)14-31-22(26)12-15-10-19(28-2)23(30-4)20(11-15)29-3/h7-8,10-11,13H,5-6,9,12,14H2,1-4H3. The van der Waals surface area contributed by atoms with Crippen LogP contribution in [0.1, 0.15) is 17.5 Å². The zero-order valence-corrected chi connectivity index (χ0v) is 18.2. The maximum atomic E-state index is 12.7. The summed E-state index contributed by atoms with van der Waals surface area (Å²) in [6.07, 6.45) is 1.68. The van der Waals surface area contributed by atoms with Gasteiger partial charge in [-0.3, -0.25) is 9.59 Å². The number of fused-ring (bicyclic) bond motifs is 1. The van der Waals surface area contributed by atoms with Crippen LogP contribution in [-0.2, 0) is 27.2 Å². The maximum absolute atomic E-state index is 12.7. The summed E-state index contributed by atoms with van der Waals surface area (Å²) in [5.41, 5.74) is 2.50. The number of amides is 1. The van der Waals surface area contributed by atoms with E-state index in [1.807, 2.05) is 18.2 Å². The first-order valence-corrected chi connectivity index (χ1v) is 9.92. The van der Waals surface area contributed by atoms with Crippen LogP contribution in [0, 0.1) is 0 Å². The molecule has 0 saturated carbocycles. The summed E-state index contributed by atoms with van der Waals surface area (Å²) in [5, 5.41) is 0. The molecule has 0 radical (unpaired) electrons. The molecule has 8 heteroatoms. The first kappa shape index (κ1) is 22.3. The van der Waals surface area contributed by atoms with Crippen LogP contribution in [0.3, 0.4) is 0 Å². The number of methoxy groups -OCH3 is 4. The van der Waals surface area contributed by atoms with Crippen molar-refractivity contribution in [2.75, 3.05) is 46.5 Å². The SMILES string of the molecule is COc1ccc2c(c1)CCCN2C(=O)COC(=O)Cc1cc(OC)c(OC)c(OC)c1. The minimum atomic E-state index is -0.519. The Hall–Kier alpha value is -3.42. The van der Waals surface area contributed by atoms with E-state index >= 15 is 0 Å². The fourth-order valence-electron chi connectivity index (χ4n) is 3.63. The fraction of sp³-hybridized carbons (Fsp3) is 0.391. The Morgan fingerprint density at radius 2 is 1.65 bits per heavy atom. The van der Waals surface area contributed by atoms with Gasteiger partial charge in [0.15, 0.2) is 18.1 Å². The number of esters is 1. The number of hydrogen-bond donors (Lipinski definition) is 0. The summed E-state index contributed by atoms with van der Waals surface area (Å²) < 4.78 is 26.4. The Balaban J connectivity index is 1.64. The Morgan fingerprint density at radius 1 is 0.935 bits per heavy atom. The van der Waals surface area contributed by atoms with Gasteiger partial charge in [0.2, 0.25) is 5.75 Å². The second kappa shape index (κ2) is 10.1. The lowest BCUT2D eigenvalue weighted by atomic mass is 10.0. The number of nitrogens with zero attached hydrogens (tertiary/aromatic N) is 1. The van der Waals surface area contributed by atoms with Gasteiger partial charge in [-0.1, -0.05) is 0 Å². The van der Waals surface area contributed by atoms with E-state index in [1.54, 1.807) is 24.1 Å². The number of aryl methyl sites for hydroxylation is 1. The summed E-state index contributed by atoms with van der Waals surface area (Å²) in [6.45, 7) is 0.261. The van der Waals surface area contributed by atoms with Crippen molar-refractivity contribution in [3.05, 3.63) is 41.5 Å². The highest BCUT2D eigenvalue weighted by Crippen LogP contribution is 2.38. The molecule has 166 valence electrons. The average molecular weight is 429 g/mol. The molecule has 3 rings (SSSR count). The molecule has 0 N–H and O–H groups in total. The normalized spacial score (nSPS) is 12.6. The van der Waals surface area contributed by atoms with Gasteiger partial charge in [0.1, 0.15) is 5.75 Å². The summed E-state index contributed by atoms with van der Waals surface area (Å²) in [7, 11) is 6.13. The lowest BCUT2D eigenvalue weighted by Gasteiger charge is -2.29. The molecule has 0 bridgehead atoms. The van der Waals surface area contributed by atoms with Crippen molar-refractivity contribution in [2.45, 2.75) is 19.3 Å². The molecule has 0 spiro atoms. The zero-order valence-electron chi connectivity index (χ0n) is 18.2. The number of anilines is 1. The van der Waals surface area contributed by atoms with E-state index in [2.05, 4.69) is 0 Å². The monoisotopic (exact) mass is 429 g/mol. The van der Waals surface area contributed by atoms with Crippen molar-refractivity contribution in [3.8, 4) is 23.0 Å². The van der Waals surface area contributed by atoms with E-state index in [0.29, 0.717) is 29.4 Å². The molecule has 0 saturated heterocycles. The number of ether oxygens (including phenoxy) is 5. The van der Waals surface area contributed by atoms with Gasteiger partial charge in [-0.15, -0.1) is 0 Å². The van der Waals surface area contributed by atoms with Crippen LogP contribution in [0.15, 0.2) is 30.3 Å². The molecule has 1 amide bonds. The van der Waals surface area contributed by atoms with E-state index in [-0.39, 0.29) is 18.9 Å². The Bertz CT molecular complexity index is 932. The van der Waals surface area contributed by atoms with Gasteiger partial charge in [-0.25, -0.2) is 0 Å². The molecule has 2 aromatic carbocycles. The minimum absolute atomic E-state index is 0.0300. The van der Waals surface area contributed by atoms with Crippen molar-refractivity contribution in [1.82, 2.24) is 0 Å². The molecule has 1 aliphatic heterocycles. The minimum Gasteiger partial charge on any atom is -0.497 e. The van der Waals surface area contributed by atoms with E-state index in [1.165, 1.54) is 21.3 Å². The second-order valence-corrected chi connectivity index (χ2v) is 7.01. The molecule has 2 aromatic rings. The van der Waals surface area contributed by atoms with Gasteiger partial charge in [-0.2, -0.15) is 0 Å². The lowest BCUT2D eigenvalue weighted by Crippen LogP contribution is -2.38. The largest absolute Gasteiger partial charge is 0.497 e. The summed E-state index contributed by atoms with van der Waals surface area (Å²) in [5.74, 6) is 1.31. The Morgan fingerprint density at radius 3 is 2.26 bits per heavy atom. The summed E-state index contributed by atoms with van der Waals surface area (Å²) in [4.78, 5) is 26.7. The molecule has 8 nitrogen and oxygen atoms in total. The quantitative estimate of drug-likeness (QED) is 0.597. The third-order valence-corrected chi connectivity index (χ3v) is 5.14. The predicted octanol–water partition coefficient (Wildman–Crippen LogP) is 2.79. The molecule has 0 atom stereocenters. The third kappa shape index (κ3) is 5.02. The van der Waals surface area contributed by atoms with Crippen LogP contribution in [0.2, 0.25) is 0 Å². The van der Waals surface area contributed by atoms with Crippen molar-refractivity contribution < 1.29 is 33.3 Å². The van der Waals surface area contributed by atoms with E-state index < -0.39 is 5.97 Å². The summed E-state index contributed by atoms with van der Waals surface area (Å²) >= 11 is 0. The number of benzene rings is 2. The van der Waals surface area contributed by atoms with Crippen molar-refractivity contribution in [1.29, 1.82) is 0 Å². The number of hydrogen-bond acceptors (Lipinski definition) is 7. The van der Waals surface area contributed by atoms with E-state index in [0.717, 1.165) is 29.8 Å². The van der Waals surface area contributed by atoms with Crippen LogP contribution in [0.5, 0.6) is 23.0 Å². The molecule has 0 aromatic heterocycles. The topological polar surface area (TPSA) is 83.5 Å². The third-order valence-electron chi connectivity index (χ3n) is 5.14. The van der Waals surface area contributed by atoms with Crippen LogP contribution < -0.4 is 23.8 Å². The highest BCUT2D eigenvalue weighted by atomic mass is 16.5. The second-order valence-electron chi connectivity index (χ2n) is 7.01. The average Bonchev–Trinajstić information content (AvgIpc) is 2.80. The molecule has 31 heavy (non-hydrogen) atoms. The van der Waals surface area contributed by atoms with Crippen LogP contribution in [0.25, 0.3) is 0 Å². The van der Waals surface area contributed by atoms with Crippen molar-refractivity contribution in [3.63, 3.8) is 0 Å². The molecule has 0 unspecified atom stereocenters. The Labute approximate surface area is 181 Å². The molecular weight excluding hydrogens is 402 g/mol. The summed E-state index contributed by atoms with van der Waals surface area (Å²) in [6, 6.07) is 8.98. The first-order valence-electron chi connectivity index (χ1n) is 9.92. The molecule has 0 aliphatic carbocycles. The van der Waals surface area contributed by atoms with Crippen molar-refractivity contribution in [2.24, 2.45) is 0 Å². The van der Waals surface area contributed by atoms with Crippen molar-refractivity contribution >= 4 is 17.6 Å². The van der Waals surface area contributed by atoms with E-state index in [4.69, 9.17) is 23.7 Å². The number of carbonyl (C=O) groups excluding carboxylic acids is 2. The highest BCUT2D eigenvalue weighted by molar-refractivity contribution is 5.96. The smallest absolute Gasteiger partial charge is 0.310 e. The van der Waals surface area contributed by atoms with Crippen LogP contribution >= 0.6 is 0 Å². The molecular formula is C23H27NO7. The van der Waals surface area contributed by atoms with Gasteiger partial charge in [0.25, 0.3) is 5.91 Å².